The molecule has 1 aliphatic rings. The second kappa shape index (κ2) is 10.1. The van der Waals surface area contributed by atoms with Gasteiger partial charge >= 0.3 is 0 Å². The average Bonchev–Trinajstić information content (AvgIpc) is 2.78. The van der Waals surface area contributed by atoms with Crippen molar-refractivity contribution in [2.24, 2.45) is 11.3 Å². The second-order valence-electron chi connectivity index (χ2n) is 9.77. The average molecular weight is 472 g/mol. The fourth-order valence-corrected chi connectivity index (χ4v) is 4.57. The van der Waals surface area contributed by atoms with E-state index in [-0.39, 0.29) is 24.3 Å². The summed E-state index contributed by atoms with van der Waals surface area (Å²) < 4.78 is 0. The van der Waals surface area contributed by atoms with Gasteiger partial charge in [0.2, 0.25) is 11.8 Å². The van der Waals surface area contributed by atoms with Crippen molar-refractivity contribution >= 4 is 29.1 Å². The molecule has 2 atom stereocenters. The fourth-order valence-electron chi connectivity index (χ4n) is 4.44. The summed E-state index contributed by atoms with van der Waals surface area (Å²) >= 11 is 6.02. The number of halogens is 1. The first kappa shape index (κ1) is 25.1. The van der Waals surface area contributed by atoms with Crippen LogP contribution >= 0.6 is 11.6 Å². The van der Waals surface area contributed by atoms with E-state index in [0.717, 1.165) is 11.3 Å². The molecule has 2 amide bonds. The van der Waals surface area contributed by atoms with Crippen LogP contribution in [0.4, 0.5) is 5.69 Å². The molecule has 33 heavy (non-hydrogen) atoms. The number of carbonyl (C=O) groups excluding carboxylic acids is 2. The molecule has 0 aliphatic carbocycles. The van der Waals surface area contributed by atoms with Gasteiger partial charge in [-0.1, -0.05) is 69.6 Å². The van der Waals surface area contributed by atoms with Crippen LogP contribution in [0, 0.1) is 11.3 Å². The highest BCUT2D eigenvalue weighted by atomic mass is 35.5. The number of para-hydroxylation sites is 1. The molecule has 0 radical (unpaired) electrons. The molecule has 1 heterocycles. The highest BCUT2D eigenvalue weighted by Crippen LogP contribution is 2.46. The van der Waals surface area contributed by atoms with Crippen molar-refractivity contribution in [3.8, 4) is 0 Å². The first-order valence-electron chi connectivity index (χ1n) is 11.4. The Bertz CT molecular complexity index is 963. The van der Waals surface area contributed by atoms with Crippen LogP contribution in [-0.4, -0.2) is 47.5 Å². The van der Waals surface area contributed by atoms with Crippen LogP contribution in [0.25, 0.3) is 0 Å². The smallest absolute Gasteiger partial charge is 0.245 e. The number of hydrogen-bond acceptors (Lipinski definition) is 4. The third kappa shape index (κ3) is 5.68. The second-order valence-corrected chi connectivity index (χ2v) is 10.2. The van der Waals surface area contributed by atoms with Gasteiger partial charge in [0.15, 0.2) is 0 Å². The largest absolute Gasteiger partial charge is 0.384 e. The number of nitrogens with one attached hydrogen (secondary N) is 2. The van der Waals surface area contributed by atoms with Crippen molar-refractivity contribution in [2.75, 3.05) is 25.0 Å². The van der Waals surface area contributed by atoms with Crippen molar-refractivity contribution < 1.29 is 14.7 Å². The van der Waals surface area contributed by atoms with Crippen LogP contribution in [-0.2, 0) is 15.2 Å². The highest BCUT2D eigenvalue weighted by Gasteiger charge is 2.50. The summed E-state index contributed by atoms with van der Waals surface area (Å²) in [4.78, 5) is 27.8. The van der Waals surface area contributed by atoms with Gasteiger partial charge in [0.05, 0.1) is 12.1 Å². The highest BCUT2D eigenvalue weighted by molar-refractivity contribution is 6.30. The zero-order chi connectivity index (χ0) is 24.2. The van der Waals surface area contributed by atoms with Gasteiger partial charge in [0.1, 0.15) is 6.04 Å². The number of rotatable bonds is 7. The lowest BCUT2D eigenvalue weighted by Crippen LogP contribution is -2.60. The Morgan fingerprint density at radius 2 is 1.73 bits per heavy atom. The molecule has 1 fully saturated rings. The lowest BCUT2D eigenvalue weighted by Gasteiger charge is -2.51. The summed E-state index contributed by atoms with van der Waals surface area (Å²) in [6.07, 6.45) is 0.404. The third-order valence-electron chi connectivity index (χ3n) is 6.56. The van der Waals surface area contributed by atoms with Crippen molar-refractivity contribution in [3.63, 3.8) is 0 Å². The van der Waals surface area contributed by atoms with E-state index in [0.29, 0.717) is 24.5 Å². The van der Waals surface area contributed by atoms with Gasteiger partial charge in [-0.15, -0.1) is 0 Å². The number of amides is 2. The molecule has 3 N–H and O–H groups in total. The number of aliphatic hydroxyl groups is 1. The van der Waals surface area contributed by atoms with Crippen molar-refractivity contribution in [2.45, 2.75) is 45.8 Å². The Hall–Kier alpha value is -2.57. The normalized spacial score (nSPS) is 20.9. The first-order valence-corrected chi connectivity index (χ1v) is 11.8. The zero-order valence-corrected chi connectivity index (χ0v) is 20.5. The Balaban J connectivity index is 1.67. The van der Waals surface area contributed by atoms with Gasteiger partial charge in [0, 0.05) is 29.2 Å². The minimum Gasteiger partial charge on any atom is -0.384 e. The van der Waals surface area contributed by atoms with E-state index < -0.39 is 17.1 Å². The Morgan fingerprint density at radius 1 is 1.09 bits per heavy atom. The predicted molar refractivity (Wildman–Crippen MR) is 132 cm³/mol. The molecule has 0 unspecified atom stereocenters. The zero-order valence-electron chi connectivity index (χ0n) is 19.8. The van der Waals surface area contributed by atoms with E-state index in [4.69, 9.17) is 11.6 Å². The van der Waals surface area contributed by atoms with Crippen molar-refractivity contribution in [1.82, 2.24) is 10.2 Å². The standard InChI is InChI=1S/C26H34ClN3O3/c1-18(2)23(29-22(31)16-28-21-8-6-5-7-9-21)24(32)30-15-14-26(33,25(3,4)17-30)19-10-12-20(27)13-11-19/h5-13,18,23,28,33H,14-17H2,1-4H3,(H,29,31)/t23-,26+/m1/s1. The van der Waals surface area contributed by atoms with Crippen molar-refractivity contribution in [1.29, 1.82) is 0 Å². The quantitative estimate of drug-likeness (QED) is 0.569. The molecule has 2 aromatic rings. The Labute approximate surface area is 201 Å². The van der Waals surface area contributed by atoms with E-state index in [9.17, 15) is 14.7 Å². The molecular weight excluding hydrogens is 438 g/mol. The maximum atomic E-state index is 13.4. The molecule has 3 rings (SSSR count). The summed E-state index contributed by atoms with van der Waals surface area (Å²) in [5.74, 6) is -0.428. The molecule has 1 saturated heterocycles. The van der Waals surface area contributed by atoms with Gasteiger partial charge in [-0.05, 0) is 42.2 Å². The number of likely N-dealkylation sites (tertiary alicyclic amines) is 1. The first-order chi connectivity index (χ1) is 15.5. The fraction of sp³-hybridized carbons (Fsp3) is 0.462. The monoisotopic (exact) mass is 471 g/mol. The van der Waals surface area contributed by atoms with Crippen LogP contribution in [0.5, 0.6) is 0 Å². The molecule has 7 heteroatoms. The molecule has 0 spiro atoms. The molecule has 1 aliphatic heterocycles. The summed E-state index contributed by atoms with van der Waals surface area (Å²) in [5, 5.41) is 18.2. The number of nitrogens with zero attached hydrogens (tertiary/aromatic N) is 1. The minimum absolute atomic E-state index is 0.0710. The van der Waals surface area contributed by atoms with E-state index in [2.05, 4.69) is 10.6 Å². The summed E-state index contributed by atoms with van der Waals surface area (Å²) in [7, 11) is 0. The van der Waals surface area contributed by atoms with E-state index in [1.54, 1.807) is 17.0 Å². The molecule has 0 aromatic heterocycles. The molecule has 6 nitrogen and oxygen atoms in total. The molecule has 0 saturated carbocycles. The number of benzene rings is 2. The molecular formula is C26H34ClN3O3. The minimum atomic E-state index is -1.08. The lowest BCUT2D eigenvalue weighted by atomic mass is 9.66. The lowest BCUT2D eigenvalue weighted by molar-refractivity contribution is -0.156. The SMILES string of the molecule is CC(C)[C@@H](NC(=O)CNc1ccccc1)C(=O)N1CC[C@](O)(c2ccc(Cl)cc2)C(C)(C)C1. The maximum Gasteiger partial charge on any atom is 0.245 e. The topological polar surface area (TPSA) is 81.7 Å². The maximum absolute atomic E-state index is 13.4. The van der Waals surface area contributed by atoms with Gasteiger partial charge in [-0.3, -0.25) is 9.59 Å². The van der Waals surface area contributed by atoms with E-state index >= 15 is 0 Å². The van der Waals surface area contributed by atoms with Gasteiger partial charge in [-0.25, -0.2) is 0 Å². The molecule has 178 valence electrons. The van der Waals surface area contributed by atoms with E-state index in [1.165, 1.54) is 0 Å². The molecule has 2 aromatic carbocycles. The van der Waals surface area contributed by atoms with E-state index in [1.807, 2.05) is 70.2 Å². The van der Waals surface area contributed by atoms with Crippen LogP contribution in [0.3, 0.4) is 0 Å². The summed E-state index contributed by atoms with van der Waals surface area (Å²) in [6.45, 7) is 8.65. The number of anilines is 1. The Morgan fingerprint density at radius 3 is 2.30 bits per heavy atom. The van der Waals surface area contributed by atoms with Crippen LogP contribution in [0.15, 0.2) is 54.6 Å². The summed E-state index contributed by atoms with van der Waals surface area (Å²) in [6, 6.07) is 16.1. The molecule has 0 bridgehead atoms. The van der Waals surface area contributed by atoms with Crippen LogP contribution in [0.2, 0.25) is 5.02 Å². The van der Waals surface area contributed by atoms with Crippen molar-refractivity contribution in [3.05, 3.63) is 65.2 Å². The Kier molecular flexibility index (Phi) is 7.70. The van der Waals surface area contributed by atoms with Crippen LogP contribution in [0.1, 0.15) is 39.7 Å². The van der Waals surface area contributed by atoms with Gasteiger partial charge < -0.3 is 20.6 Å². The number of piperidine rings is 1. The van der Waals surface area contributed by atoms with Crippen LogP contribution < -0.4 is 10.6 Å². The summed E-state index contributed by atoms with van der Waals surface area (Å²) in [5.41, 5.74) is -0.0243. The third-order valence-corrected chi connectivity index (χ3v) is 6.81. The van der Waals surface area contributed by atoms with Gasteiger partial charge in [0.25, 0.3) is 0 Å². The predicted octanol–water partition coefficient (Wildman–Crippen LogP) is 4.04. The number of carbonyl (C=O) groups is 2. The van der Waals surface area contributed by atoms with Gasteiger partial charge in [-0.2, -0.15) is 0 Å². The number of hydrogen-bond donors (Lipinski definition) is 3.